The molecule has 2 rings (SSSR count). The molecule has 1 heterocycles. The zero-order chi connectivity index (χ0) is 11.9. The van der Waals surface area contributed by atoms with Crippen LogP contribution in [0.3, 0.4) is 0 Å². The molecule has 6 heteroatoms. The van der Waals surface area contributed by atoms with E-state index < -0.39 is 0 Å². The largest absolute Gasteiger partial charge is 0.331 e. The first-order chi connectivity index (χ1) is 7.54. The van der Waals surface area contributed by atoms with E-state index >= 15 is 0 Å². The maximum Gasteiger partial charge on any atom is 0.262 e. The number of hydrogen-bond acceptors (Lipinski definition) is 2. The van der Waals surface area contributed by atoms with Gasteiger partial charge in [0.15, 0.2) is 4.77 Å². The molecule has 0 bridgehead atoms. The van der Waals surface area contributed by atoms with Gasteiger partial charge < -0.3 is 4.98 Å². The minimum atomic E-state index is -0.0664. The smallest absolute Gasteiger partial charge is 0.262 e. The van der Waals surface area contributed by atoms with Gasteiger partial charge in [-0.2, -0.15) is 0 Å². The highest BCUT2D eigenvalue weighted by Gasteiger charge is 2.08. The van der Waals surface area contributed by atoms with Crippen LogP contribution in [0.25, 0.3) is 10.9 Å². The predicted octanol–water partition coefficient (Wildman–Crippen LogP) is 3.60. The van der Waals surface area contributed by atoms with E-state index in [1.807, 2.05) is 13.0 Å². The van der Waals surface area contributed by atoms with Crippen LogP contribution in [-0.2, 0) is 6.54 Å². The number of halogens is 2. The van der Waals surface area contributed by atoms with Gasteiger partial charge in [0, 0.05) is 15.5 Å². The van der Waals surface area contributed by atoms with Gasteiger partial charge in [-0.1, -0.05) is 15.9 Å². The Hall–Kier alpha value is -0.460. The summed E-state index contributed by atoms with van der Waals surface area (Å²) >= 11 is 11.9. The standard InChI is InChI=1S/C10H8Br2N2OS/c1-2-14-9(15)6-3-5(11)4-7(12)8(6)13-10(14)16/h3-4H,2H2,1H3,(H,13,16). The quantitative estimate of drug-likeness (QED) is 0.786. The first kappa shape index (κ1) is 12.0. The van der Waals surface area contributed by atoms with E-state index in [1.54, 1.807) is 6.07 Å². The Morgan fingerprint density at radius 1 is 1.44 bits per heavy atom. The Balaban J connectivity index is 3.05. The summed E-state index contributed by atoms with van der Waals surface area (Å²) in [4.78, 5) is 15.2. The van der Waals surface area contributed by atoms with Crippen LogP contribution < -0.4 is 5.56 Å². The van der Waals surface area contributed by atoms with Crippen molar-refractivity contribution in [1.29, 1.82) is 0 Å². The molecule has 2 aromatic rings. The van der Waals surface area contributed by atoms with Crippen molar-refractivity contribution in [3.63, 3.8) is 0 Å². The molecule has 0 aliphatic carbocycles. The fourth-order valence-corrected chi connectivity index (χ4v) is 3.21. The van der Waals surface area contributed by atoms with Crippen LogP contribution in [0.4, 0.5) is 0 Å². The lowest BCUT2D eigenvalue weighted by atomic mass is 10.2. The van der Waals surface area contributed by atoms with E-state index in [2.05, 4.69) is 36.8 Å². The number of H-pyrrole nitrogens is 1. The number of aromatic amines is 1. The van der Waals surface area contributed by atoms with Crippen LogP contribution >= 0.6 is 44.1 Å². The van der Waals surface area contributed by atoms with Crippen LogP contribution in [0, 0.1) is 4.77 Å². The fourth-order valence-electron chi connectivity index (χ4n) is 1.57. The normalized spacial score (nSPS) is 10.9. The van der Waals surface area contributed by atoms with Crippen molar-refractivity contribution in [1.82, 2.24) is 9.55 Å². The van der Waals surface area contributed by atoms with Gasteiger partial charge in [0.25, 0.3) is 5.56 Å². The molecule has 0 unspecified atom stereocenters. The van der Waals surface area contributed by atoms with Gasteiger partial charge in [-0.05, 0) is 47.2 Å². The van der Waals surface area contributed by atoms with E-state index in [9.17, 15) is 4.79 Å². The SMILES string of the molecule is CCn1c(=S)[nH]c2c(Br)cc(Br)cc2c1=O. The lowest BCUT2D eigenvalue weighted by Gasteiger charge is -2.06. The number of hydrogen-bond donors (Lipinski definition) is 1. The number of nitrogens with one attached hydrogen (secondary N) is 1. The summed E-state index contributed by atoms with van der Waals surface area (Å²) in [5, 5.41) is 0.622. The van der Waals surface area contributed by atoms with Crippen LogP contribution in [0.5, 0.6) is 0 Å². The van der Waals surface area contributed by atoms with Crippen molar-refractivity contribution >= 4 is 55.0 Å². The van der Waals surface area contributed by atoms with Gasteiger partial charge in [0.2, 0.25) is 0 Å². The van der Waals surface area contributed by atoms with Gasteiger partial charge in [-0.3, -0.25) is 9.36 Å². The monoisotopic (exact) mass is 362 g/mol. The molecule has 0 aliphatic rings. The fraction of sp³-hybridized carbons (Fsp3) is 0.200. The maximum absolute atomic E-state index is 12.1. The van der Waals surface area contributed by atoms with Crippen LogP contribution in [0.1, 0.15) is 6.92 Å². The summed E-state index contributed by atoms with van der Waals surface area (Å²) in [6.45, 7) is 2.46. The molecule has 3 nitrogen and oxygen atoms in total. The molecule has 16 heavy (non-hydrogen) atoms. The highest BCUT2D eigenvalue weighted by atomic mass is 79.9. The van der Waals surface area contributed by atoms with E-state index in [-0.39, 0.29) is 5.56 Å². The number of nitrogens with zero attached hydrogens (tertiary/aromatic N) is 1. The molecule has 0 radical (unpaired) electrons. The summed E-state index contributed by atoms with van der Waals surface area (Å²) in [5.41, 5.74) is 0.672. The Morgan fingerprint density at radius 3 is 2.75 bits per heavy atom. The summed E-state index contributed by atoms with van der Waals surface area (Å²) < 4.78 is 3.67. The zero-order valence-corrected chi connectivity index (χ0v) is 12.4. The molecule has 1 aromatic heterocycles. The van der Waals surface area contributed by atoms with Crippen molar-refractivity contribution in [2.24, 2.45) is 0 Å². The second kappa shape index (κ2) is 4.43. The van der Waals surface area contributed by atoms with Gasteiger partial charge >= 0.3 is 0 Å². The molecule has 0 saturated heterocycles. The molecule has 84 valence electrons. The lowest BCUT2D eigenvalue weighted by Crippen LogP contribution is -2.21. The van der Waals surface area contributed by atoms with E-state index in [1.165, 1.54) is 4.57 Å². The average Bonchev–Trinajstić information content (AvgIpc) is 2.21. The molecule has 0 fully saturated rings. The Bertz CT molecular complexity index is 675. The summed E-state index contributed by atoms with van der Waals surface area (Å²) in [6, 6.07) is 3.67. The number of fused-ring (bicyclic) bond motifs is 1. The minimum Gasteiger partial charge on any atom is -0.331 e. The van der Waals surface area contributed by atoms with Crippen molar-refractivity contribution in [2.75, 3.05) is 0 Å². The second-order valence-corrected chi connectivity index (χ2v) is 5.45. The average molecular weight is 364 g/mol. The molecule has 1 aromatic carbocycles. The molecule has 0 spiro atoms. The third-order valence-corrected chi connectivity index (χ3v) is 3.73. The third-order valence-electron chi connectivity index (χ3n) is 2.32. The topological polar surface area (TPSA) is 37.8 Å². The number of benzene rings is 1. The van der Waals surface area contributed by atoms with Crippen molar-refractivity contribution in [3.8, 4) is 0 Å². The van der Waals surface area contributed by atoms with Crippen LogP contribution in [0.2, 0.25) is 0 Å². The molecule has 0 amide bonds. The van der Waals surface area contributed by atoms with Crippen molar-refractivity contribution in [2.45, 2.75) is 13.5 Å². The predicted molar refractivity (Wildman–Crippen MR) is 74.5 cm³/mol. The maximum atomic E-state index is 12.1. The Morgan fingerprint density at radius 2 is 2.12 bits per heavy atom. The first-order valence-corrected chi connectivity index (χ1v) is 6.66. The number of rotatable bonds is 1. The number of aromatic nitrogens is 2. The second-order valence-electron chi connectivity index (χ2n) is 3.29. The molecular formula is C10H8Br2N2OS. The highest BCUT2D eigenvalue weighted by Crippen LogP contribution is 2.24. The first-order valence-electron chi connectivity index (χ1n) is 4.66. The van der Waals surface area contributed by atoms with E-state index in [0.717, 1.165) is 14.5 Å². The highest BCUT2D eigenvalue weighted by molar-refractivity contribution is 9.11. The van der Waals surface area contributed by atoms with Crippen LogP contribution in [0.15, 0.2) is 25.9 Å². The van der Waals surface area contributed by atoms with Crippen molar-refractivity contribution < 1.29 is 0 Å². The van der Waals surface area contributed by atoms with Crippen molar-refractivity contribution in [3.05, 3.63) is 36.2 Å². The van der Waals surface area contributed by atoms with Gasteiger partial charge in [-0.15, -0.1) is 0 Å². The van der Waals surface area contributed by atoms with E-state index in [0.29, 0.717) is 16.7 Å². The summed E-state index contributed by atoms with van der Waals surface area (Å²) in [6.07, 6.45) is 0. The third kappa shape index (κ3) is 1.89. The minimum absolute atomic E-state index is 0.0664. The molecule has 0 aliphatic heterocycles. The van der Waals surface area contributed by atoms with Gasteiger partial charge in [0.05, 0.1) is 10.9 Å². The van der Waals surface area contributed by atoms with Gasteiger partial charge in [0.1, 0.15) is 0 Å². The summed E-state index contributed by atoms with van der Waals surface area (Å²) in [5.74, 6) is 0. The van der Waals surface area contributed by atoms with Gasteiger partial charge in [-0.25, -0.2) is 0 Å². The van der Waals surface area contributed by atoms with Crippen LogP contribution in [-0.4, -0.2) is 9.55 Å². The summed E-state index contributed by atoms with van der Waals surface area (Å²) in [7, 11) is 0. The lowest BCUT2D eigenvalue weighted by molar-refractivity contribution is 0.704. The zero-order valence-electron chi connectivity index (χ0n) is 8.38. The molecule has 0 saturated carbocycles. The Kier molecular flexibility index (Phi) is 3.32. The Labute approximate surface area is 114 Å². The van der Waals surface area contributed by atoms with E-state index in [4.69, 9.17) is 12.2 Å². The molecule has 1 N–H and O–H groups in total. The molecule has 0 atom stereocenters. The molecular weight excluding hydrogens is 356 g/mol.